The number of Topliss-reactive ketones (excluding diaryl/α,β-unsaturated/α-hetero) is 1. The molecule has 0 radical (unpaired) electrons. The van der Waals surface area contributed by atoms with E-state index < -0.39 is 0 Å². The van der Waals surface area contributed by atoms with E-state index in [9.17, 15) is 9.59 Å². The first-order chi connectivity index (χ1) is 14.4. The molecule has 0 fully saturated rings. The van der Waals surface area contributed by atoms with Crippen molar-refractivity contribution in [3.63, 3.8) is 0 Å². The van der Waals surface area contributed by atoms with Crippen molar-refractivity contribution in [3.8, 4) is 5.69 Å². The average Bonchev–Trinajstić information content (AvgIpc) is 3.08. The van der Waals surface area contributed by atoms with E-state index in [1.54, 1.807) is 0 Å². The summed E-state index contributed by atoms with van der Waals surface area (Å²) in [6, 6.07) is 15.6. The van der Waals surface area contributed by atoms with Crippen LogP contribution < -0.4 is 5.32 Å². The predicted octanol–water partition coefficient (Wildman–Crippen LogP) is 3.93. The molecule has 3 rings (SSSR count). The van der Waals surface area contributed by atoms with E-state index >= 15 is 0 Å². The van der Waals surface area contributed by atoms with Crippen LogP contribution in [-0.4, -0.2) is 38.2 Å². The molecular weight excluding hydrogens is 396 g/mol. The van der Waals surface area contributed by atoms with Gasteiger partial charge in [0.25, 0.3) is 0 Å². The van der Waals surface area contributed by atoms with E-state index in [4.69, 9.17) is 0 Å². The van der Waals surface area contributed by atoms with E-state index in [1.807, 2.05) is 73.9 Å². The van der Waals surface area contributed by atoms with Crippen molar-refractivity contribution in [1.82, 2.24) is 20.1 Å². The number of ketones is 1. The van der Waals surface area contributed by atoms with Gasteiger partial charge in [-0.3, -0.25) is 14.2 Å². The Morgan fingerprint density at radius 2 is 1.77 bits per heavy atom. The second-order valence-corrected chi connectivity index (χ2v) is 8.51. The first kappa shape index (κ1) is 21.8. The first-order valence-corrected chi connectivity index (χ1v) is 10.8. The number of rotatable bonds is 8. The maximum absolute atomic E-state index is 12.9. The quantitative estimate of drug-likeness (QED) is 0.440. The Labute approximate surface area is 181 Å². The number of amides is 1. The van der Waals surface area contributed by atoms with Gasteiger partial charge in [-0.25, -0.2) is 0 Å². The number of hydrogen-bond acceptors (Lipinski definition) is 5. The number of nitrogens with zero attached hydrogens (tertiary/aromatic N) is 3. The molecule has 2 aromatic carbocycles. The van der Waals surface area contributed by atoms with Crippen molar-refractivity contribution in [1.29, 1.82) is 0 Å². The zero-order valence-corrected chi connectivity index (χ0v) is 18.5. The Bertz CT molecular complexity index is 1040. The van der Waals surface area contributed by atoms with Crippen LogP contribution >= 0.6 is 11.8 Å². The highest BCUT2D eigenvalue weighted by Gasteiger charge is 2.21. The van der Waals surface area contributed by atoms with Gasteiger partial charge in [-0.05, 0) is 44.4 Å². The van der Waals surface area contributed by atoms with Crippen molar-refractivity contribution in [2.45, 2.75) is 44.5 Å². The molecule has 0 bridgehead atoms. The third kappa shape index (κ3) is 5.16. The van der Waals surface area contributed by atoms with Crippen molar-refractivity contribution in [2.24, 2.45) is 0 Å². The number of hydrogen-bond donors (Lipinski definition) is 1. The van der Waals surface area contributed by atoms with Crippen molar-refractivity contribution in [3.05, 3.63) is 71.0 Å². The monoisotopic (exact) mass is 422 g/mol. The molecule has 156 valence electrons. The molecule has 1 amide bonds. The Kier molecular flexibility index (Phi) is 7.05. The fraction of sp³-hybridized carbons (Fsp3) is 0.304. The summed E-state index contributed by atoms with van der Waals surface area (Å²) < 4.78 is 1.99. The molecule has 1 N–H and O–H groups in total. The minimum Gasteiger partial charge on any atom is -0.356 e. The molecule has 0 aliphatic heterocycles. The zero-order chi connectivity index (χ0) is 21.7. The average molecular weight is 423 g/mol. The SMILES string of the molecule is CC(=O)NCCc1ccc(C(=O)C(C)Sc2nnc(C)n2-c2ccccc2C)cc1. The smallest absolute Gasteiger partial charge is 0.216 e. The van der Waals surface area contributed by atoms with Crippen LogP contribution in [0.3, 0.4) is 0 Å². The molecule has 0 saturated carbocycles. The lowest BCUT2D eigenvalue weighted by Crippen LogP contribution is -2.22. The molecule has 0 aliphatic rings. The number of carbonyl (C=O) groups excluding carboxylic acids is 2. The maximum Gasteiger partial charge on any atom is 0.216 e. The van der Waals surface area contributed by atoms with Crippen LogP contribution in [0.25, 0.3) is 5.69 Å². The van der Waals surface area contributed by atoms with Gasteiger partial charge in [0.05, 0.1) is 10.9 Å². The lowest BCUT2D eigenvalue weighted by Gasteiger charge is -2.14. The van der Waals surface area contributed by atoms with Crippen LogP contribution in [0.4, 0.5) is 0 Å². The topological polar surface area (TPSA) is 76.9 Å². The molecule has 1 atom stereocenters. The van der Waals surface area contributed by atoms with E-state index in [0.29, 0.717) is 17.3 Å². The van der Waals surface area contributed by atoms with Gasteiger partial charge in [-0.15, -0.1) is 10.2 Å². The van der Waals surface area contributed by atoms with Crippen molar-refractivity contribution < 1.29 is 9.59 Å². The largest absolute Gasteiger partial charge is 0.356 e. The summed E-state index contributed by atoms with van der Waals surface area (Å²) in [7, 11) is 0. The summed E-state index contributed by atoms with van der Waals surface area (Å²) in [5.74, 6) is 0.793. The van der Waals surface area contributed by atoms with Gasteiger partial charge in [0.1, 0.15) is 5.82 Å². The van der Waals surface area contributed by atoms with Gasteiger partial charge in [0, 0.05) is 19.0 Å². The van der Waals surface area contributed by atoms with Gasteiger partial charge in [0.2, 0.25) is 5.91 Å². The summed E-state index contributed by atoms with van der Waals surface area (Å²) >= 11 is 1.41. The molecular formula is C23H26N4O2S. The summed E-state index contributed by atoms with van der Waals surface area (Å²) in [6.07, 6.45) is 0.733. The second-order valence-electron chi connectivity index (χ2n) is 7.21. The summed E-state index contributed by atoms with van der Waals surface area (Å²) in [6.45, 7) is 7.94. The molecule has 3 aromatic rings. The van der Waals surface area contributed by atoms with Crippen LogP contribution in [0.15, 0.2) is 53.7 Å². The Balaban J connectivity index is 1.71. The minimum absolute atomic E-state index is 0.0403. The molecule has 6 nitrogen and oxygen atoms in total. The molecule has 0 spiro atoms. The maximum atomic E-state index is 12.9. The van der Waals surface area contributed by atoms with E-state index in [2.05, 4.69) is 15.5 Å². The number of nitrogens with one attached hydrogen (secondary N) is 1. The molecule has 7 heteroatoms. The standard InChI is InChI=1S/C23H26N4O2S/c1-15-7-5-6-8-21(15)27-17(3)25-26-23(27)30-16(2)22(29)20-11-9-19(10-12-20)13-14-24-18(4)28/h5-12,16H,13-14H2,1-4H3,(H,24,28). The number of thioether (sulfide) groups is 1. The third-order valence-electron chi connectivity index (χ3n) is 4.83. The van der Waals surface area contributed by atoms with Crippen molar-refractivity contribution >= 4 is 23.5 Å². The van der Waals surface area contributed by atoms with Crippen LogP contribution in [0.1, 0.15) is 41.2 Å². The highest BCUT2D eigenvalue weighted by Crippen LogP contribution is 2.28. The number of benzene rings is 2. The van der Waals surface area contributed by atoms with E-state index in [1.165, 1.54) is 18.7 Å². The molecule has 30 heavy (non-hydrogen) atoms. The zero-order valence-electron chi connectivity index (χ0n) is 17.7. The lowest BCUT2D eigenvalue weighted by atomic mass is 10.0. The lowest BCUT2D eigenvalue weighted by molar-refractivity contribution is -0.118. The molecule has 1 unspecified atom stereocenters. The van der Waals surface area contributed by atoms with E-state index in [0.717, 1.165) is 29.1 Å². The Hall–Kier alpha value is -2.93. The number of carbonyl (C=O) groups is 2. The van der Waals surface area contributed by atoms with Gasteiger partial charge >= 0.3 is 0 Å². The fourth-order valence-corrected chi connectivity index (χ4v) is 4.16. The molecule has 0 aliphatic carbocycles. The Morgan fingerprint density at radius 1 is 1.07 bits per heavy atom. The first-order valence-electron chi connectivity index (χ1n) is 9.89. The highest BCUT2D eigenvalue weighted by molar-refractivity contribution is 8.00. The molecule has 1 heterocycles. The fourth-order valence-electron chi connectivity index (χ4n) is 3.18. The minimum atomic E-state index is -0.304. The van der Waals surface area contributed by atoms with Gasteiger partial charge in [-0.1, -0.05) is 54.2 Å². The predicted molar refractivity (Wildman–Crippen MR) is 119 cm³/mol. The van der Waals surface area contributed by atoms with Crippen LogP contribution in [0, 0.1) is 13.8 Å². The third-order valence-corrected chi connectivity index (χ3v) is 5.87. The Morgan fingerprint density at radius 3 is 2.43 bits per heavy atom. The summed E-state index contributed by atoms with van der Waals surface area (Å²) in [4.78, 5) is 23.9. The second kappa shape index (κ2) is 9.71. The number of aryl methyl sites for hydroxylation is 2. The summed E-state index contributed by atoms with van der Waals surface area (Å²) in [5.41, 5.74) is 3.88. The van der Waals surface area contributed by atoms with E-state index in [-0.39, 0.29) is 16.9 Å². The van der Waals surface area contributed by atoms with Gasteiger partial charge < -0.3 is 5.32 Å². The number of para-hydroxylation sites is 1. The molecule has 1 aromatic heterocycles. The molecule has 0 saturated heterocycles. The van der Waals surface area contributed by atoms with Gasteiger partial charge in [-0.2, -0.15) is 0 Å². The van der Waals surface area contributed by atoms with Gasteiger partial charge in [0.15, 0.2) is 10.9 Å². The van der Waals surface area contributed by atoms with Crippen LogP contribution in [0.5, 0.6) is 0 Å². The van der Waals surface area contributed by atoms with Crippen LogP contribution in [0.2, 0.25) is 0 Å². The highest BCUT2D eigenvalue weighted by atomic mass is 32.2. The van der Waals surface area contributed by atoms with Crippen LogP contribution in [-0.2, 0) is 11.2 Å². The normalized spacial score (nSPS) is 11.9. The van der Waals surface area contributed by atoms with Crippen molar-refractivity contribution in [2.75, 3.05) is 6.54 Å². The number of aromatic nitrogens is 3. The summed E-state index contributed by atoms with van der Waals surface area (Å²) in [5, 5.41) is 11.7.